The summed E-state index contributed by atoms with van der Waals surface area (Å²) in [5.41, 5.74) is 0.380. The van der Waals surface area contributed by atoms with Crippen LogP contribution >= 0.6 is 0 Å². The summed E-state index contributed by atoms with van der Waals surface area (Å²) in [4.78, 5) is 13.9. The number of carboxylic acid groups (broad SMARTS) is 1. The predicted octanol–water partition coefficient (Wildman–Crippen LogP) is 4.45. The Morgan fingerprint density at radius 3 is 2.33 bits per heavy atom. The Kier molecular flexibility index (Phi) is 5.34. The number of hydrogen-bond acceptors (Lipinski definition) is 2. The Labute approximate surface area is 130 Å². The smallest absolute Gasteiger partial charge is 0.305 e. The highest BCUT2D eigenvalue weighted by atomic mass is 16.4. The molecule has 0 saturated heterocycles. The quantitative estimate of drug-likeness (QED) is 0.779. The molecule has 3 heteroatoms. The Morgan fingerprint density at radius 1 is 1.05 bits per heavy atom. The van der Waals surface area contributed by atoms with Crippen LogP contribution in [0.3, 0.4) is 0 Å². The number of aliphatic carboxylic acids is 1. The van der Waals surface area contributed by atoms with Gasteiger partial charge in [-0.3, -0.25) is 9.69 Å². The molecule has 122 valence electrons. The number of hydrogen-bond donors (Lipinski definition) is 1. The summed E-state index contributed by atoms with van der Waals surface area (Å²) < 4.78 is 0. The van der Waals surface area contributed by atoms with Crippen LogP contribution in [0.2, 0.25) is 0 Å². The fraction of sp³-hybridized carbons (Fsp3) is 0.944. The van der Waals surface area contributed by atoms with Gasteiger partial charge in [-0.15, -0.1) is 0 Å². The molecule has 0 aliphatic heterocycles. The molecule has 0 amide bonds. The second-order valence-electron chi connectivity index (χ2n) is 8.22. The number of carboxylic acids is 1. The molecule has 1 atom stereocenters. The summed E-state index contributed by atoms with van der Waals surface area (Å²) in [5.74, 6) is -0.627. The van der Waals surface area contributed by atoms with Crippen molar-refractivity contribution in [1.82, 2.24) is 4.90 Å². The van der Waals surface area contributed by atoms with Crippen molar-refractivity contribution >= 4 is 5.97 Å². The Hall–Kier alpha value is -0.570. The lowest BCUT2D eigenvalue weighted by atomic mass is 9.77. The fourth-order valence-corrected chi connectivity index (χ4v) is 4.56. The van der Waals surface area contributed by atoms with Crippen molar-refractivity contribution in [1.29, 1.82) is 0 Å². The van der Waals surface area contributed by atoms with Crippen molar-refractivity contribution < 1.29 is 9.90 Å². The van der Waals surface area contributed by atoms with E-state index in [1.54, 1.807) is 0 Å². The van der Waals surface area contributed by atoms with Gasteiger partial charge < -0.3 is 5.11 Å². The summed E-state index contributed by atoms with van der Waals surface area (Å²) in [6.45, 7) is 4.76. The number of rotatable bonds is 4. The van der Waals surface area contributed by atoms with E-state index in [0.29, 0.717) is 17.9 Å². The second kappa shape index (κ2) is 6.68. The van der Waals surface area contributed by atoms with Crippen molar-refractivity contribution in [2.45, 2.75) is 96.1 Å². The van der Waals surface area contributed by atoms with Gasteiger partial charge in [0, 0.05) is 11.6 Å². The Bertz CT molecular complexity index is 358. The molecule has 3 nitrogen and oxygen atoms in total. The second-order valence-corrected chi connectivity index (χ2v) is 8.22. The van der Waals surface area contributed by atoms with Crippen LogP contribution in [0, 0.1) is 5.41 Å². The lowest BCUT2D eigenvalue weighted by molar-refractivity contribution is -0.141. The minimum absolute atomic E-state index is 0.0801. The molecule has 2 fully saturated rings. The molecule has 1 unspecified atom stereocenters. The van der Waals surface area contributed by atoms with Gasteiger partial charge in [0.25, 0.3) is 0 Å². The van der Waals surface area contributed by atoms with E-state index < -0.39 is 5.97 Å². The van der Waals surface area contributed by atoms with E-state index in [4.69, 9.17) is 0 Å². The zero-order valence-electron chi connectivity index (χ0n) is 14.2. The lowest BCUT2D eigenvalue weighted by Gasteiger charge is -2.47. The third-order valence-corrected chi connectivity index (χ3v) is 6.11. The molecular formula is C18H33NO2. The van der Waals surface area contributed by atoms with Crippen molar-refractivity contribution in [2.75, 3.05) is 7.05 Å². The van der Waals surface area contributed by atoms with Gasteiger partial charge in [0.15, 0.2) is 0 Å². The van der Waals surface area contributed by atoms with Crippen LogP contribution in [0.1, 0.15) is 84.5 Å². The monoisotopic (exact) mass is 295 g/mol. The molecule has 2 aliphatic carbocycles. The molecule has 0 aromatic rings. The van der Waals surface area contributed by atoms with E-state index in [1.807, 2.05) is 0 Å². The summed E-state index contributed by atoms with van der Waals surface area (Å²) in [7, 11) is 2.21. The fourth-order valence-electron chi connectivity index (χ4n) is 4.56. The average Bonchev–Trinajstić information content (AvgIpc) is 2.59. The van der Waals surface area contributed by atoms with Crippen LogP contribution in [0.15, 0.2) is 0 Å². The molecule has 0 spiro atoms. The van der Waals surface area contributed by atoms with Crippen LogP contribution in [-0.4, -0.2) is 34.6 Å². The van der Waals surface area contributed by atoms with E-state index in [1.165, 1.54) is 51.4 Å². The van der Waals surface area contributed by atoms with Crippen molar-refractivity contribution in [3.63, 3.8) is 0 Å². The minimum Gasteiger partial charge on any atom is -0.481 e. The molecule has 0 bridgehead atoms. The van der Waals surface area contributed by atoms with Crippen LogP contribution in [0.4, 0.5) is 0 Å². The van der Waals surface area contributed by atoms with E-state index in [9.17, 15) is 9.90 Å². The van der Waals surface area contributed by atoms with E-state index in [2.05, 4.69) is 25.8 Å². The van der Waals surface area contributed by atoms with Crippen molar-refractivity contribution in [3.8, 4) is 0 Å². The predicted molar refractivity (Wildman–Crippen MR) is 86.5 cm³/mol. The van der Waals surface area contributed by atoms with E-state index >= 15 is 0 Å². The van der Waals surface area contributed by atoms with E-state index in [0.717, 1.165) is 12.8 Å². The molecule has 0 heterocycles. The summed E-state index contributed by atoms with van der Waals surface area (Å²) in [6.07, 6.45) is 12.4. The molecule has 0 aromatic heterocycles. The summed E-state index contributed by atoms with van der Waals surface area (Å²) in [6, 6.07) is 0.573. The van der Waals surface area contributed by atoms with Gasteiger partial charge in [-0.1, -0.05) is 39.5 Å². The number of nitrogens with zero attached hydrogens (tertiary/aromatic N) is 1. The molecule has 2 rings (SSSR count). The van der Waals surface area contributed by atoms with Gasteiger partial charge in [0.1, 0.15) is 0 Å². The average molecular weight is 295 g/mol. The molecular weight excluding hydrogens is 262 g/mol. The van der Waals surface area contributed by atoms with Gasteiger partial charge in [0.2, 0.25) is 0 Å². The zero-order valence-corrected chi connectivity index (χ0v) is 14.2. The lowest BCUT2D eigenvalue weighted by Crippen LogP contribution is -2.53. The zero-order chi connectivity index (χ0) is 15.5. The Morgan fingerprint density at radius 2 is 1.71 bits per heavy atom. The Balaban J connectivity index is 2.10. The van der Waals surface area contributed by atoms with Crippen molar-refractivity contribution in [3.05, 3.63) is 0 Å². The first-order valence-electron chi connectivity index (χ1n) is 8.79. The molecule has 0 aromatic carbocycles. The first kappa shape index (κ1) is 16.8. The van der Waals surface area contributed by atoms with Gasteiger partial charge in [-0.05, 0) is 51.0 Å². The maximum atomic E-state index is 11.4. The maximum Gasteiger partial charge on any atom is 0.305 e. The van der Waals surface area contributed by atoms with Crippen LogP contribution in [-0.2, 0) is 4.79 Å². The molecule has 2 aliphatic rings. The standard InChI is InChI=1S/C18H33NO2/c1-17(2)10-7-8-15(9-13-17)19(3)18(14-16(20)21)11-5-4-6-12-18/h15H,4-14H2,1-3H3,(H,20,21). The first-order valence-corrected chi connectivity index (χ1v) is 8.79. The number of carbonyl (C=O) groups is 1. The summed E-state index contributed by atoms with van der Waals surface area (Å²) >= 11 is 0. The van der Waals surface area contributed by atoms with Crippen LogP contribution < -0.4 is 0 Å². The van der Waals surface area contributed by atoms with Gasteiger partial charge in [0.05, 0.1) is 6.42 Å². The highest BCUT2D eigenvalue weighted by molar-refractivity contribution is 5.68. The molecule has 2 saturated carbocycles. The highest BCUT2D eigenvalue weighted by Crippen LogP contribution is 2.41. The maximum absolute atomic E-state index is 11.4. The third-order valence-electron chi connectivity index (χ3n) is 6.11. The first-order chi connectivity index (χ1) is 9.85. The van der Waals surface area contributed by atoms with Gasteiger partial charge >= 0.3 is 5.97 Å². The normalized spacial score (nSPS) is 29.0. The molecule has 1 N–H and O–H groups in total. The summed E-state index contributed by atoms with van der Waals surface area (Å²) in [5, 5.41) is 9.39. The van der Waals surface area contributed by atoms with Gasteiger partial charge in [-0.2, -0.15) is 0 Å². The van der Waals surface area contributed by atoms with Crippen LogP contribution in [0.25, 0.3) is 0 Å². The molecule has 21 heavy (non-hydrogen) atoms. The van der Waals surface area contributed by atoms with Crippen molar-refractivity contribution in [2.24, 2.45) is 5.41 Å². The minimum atomic E-state index is -0.627. The topological polar surface area (TPSA) is 40.5 Å². The SMILES string of the molecule is CN(C1CCCC(C)(C)CC1)C1(CC(=O)O)CCCCC1. The third kappa shape index (κ3) is 4.21. The highest BCUT2D eigenvalue weighted by Gasteiger charge is 2.41. The van der Waals surface area contributed by atoms with Crippen LogP contribution in [0.5, 0.6) is 0 Å². The largest absolute Gasteiger partial charge is 0.481 e. The van der Waals surface area contributed by atoms with E-state index in [-0.39, 0.29) is 5.54 Å². The van der Waals surface area contributed by atoms with Gasteiger partial charge in [-0.25, -0.2) is 0 Å². The molecule has 0 radical (unpaired) electrons.